The number of fused-ring (bicyclic) bond motifs is 1. The van der Waals surface area contributed by atoms with Crippen molar-refractivity contribution in [1.29, 1.82) is 0 Å². The molecule has 2 aromatic carbocycles. The van der Waals surface area contributed by atoms with Crippen molar-refractivity contribution in [3.05, 3.63) is 48.8 Å². The summed E-state index contributed by atoms with van der Waals surface area (Å²) in [7, 11) is 1.66. The summed E-state index contributed by atoms with van der Waals surface area (Å²) < 4.78 is 5.27. The Hall–Kier alpha value is -2.82. The first-order chi connectivity index (χ1) is 12.3. The maximum atomic E-state index is 5.27. The van der Waals surface area contributed by atoms with Crippen LogP contribution in [0.4, 0.5) is 17.2 Å². The predicted molar refractivity (Wildman–Crippen MR) is 102 cm³/mol. The van der Waals surface area contributed by atoms with Gasteiger partial charge in [0.25, 0.3) is 0 Å². The Morgan fingerprint density at radius 3 is 2.52 bits per heavy atom. The van der Waals surface area contributed by atoms with Crippen LogP contribution in [0.5, 0.6) is 5.75 Å². The van der Waals surface area contributed by atoms with Gasteiger partial charge in [0.15, 0.2) is 0 Å². The zero-order valence-corrected chi connectivity index (χ0v) is 14.4. The minimum atomic E-state index is 0.794. The van der Waals surface area contributed by atoms with E-state index in [2.05, 4.69) is 44.5 Å². The maximum absolute atomic E-state index is 5.27. The van der Waals surface area contributed by atoms with Crippen LogP contribution in [-0.2, 0) is 0 Å². The van der Waals surface area contributed by atoms with Crippen molar-refractivity contribution in [2.75, 3.05) is 30.4 Å². The van der Waals surface area contributed by atoms with Crippen molar-refractivity contribution in [3.8, 4) is 5.75 Å². The van der Waals surface area contributed by atoms with Crippen LogP contribution >= 0.6 is 0 Å². The fourth-order valence-electron chi connectivity index (χ4n) is 3.31. The van der Waals surface area contributed by atoms with E-state index >= 15 is 0 Å². The van der Waals surface area contributed by atoms with Crippen LogP contribution in [0.15, 0.2) is 48.8 Å². The van der Waals surface area contributed by atoms with Gasteiger partial charge in [-0.1, -0.05) is 0 Å². The lowest BCUT2D eigenvalue weighted by Gasteiger charge is -2.28. The molecule has 2 heterocycles. The van der Waals surface area contributed by atoms with E-state index in [0.717, 1.165) is 41.2 Å². The Morgan fingerprint density at radius 1 is 0.960 bits per heavy atom. The van der Waals surface area contributed by atoms with E-state index in [4.69, 9.17) is 4.74 Å². The number of ether oxygens (including phenoxy) is 1. The Morgan fingerprint density at radius 2 is 1.76 bits per heavy atom. The number of aromatic nitrogens is 2. The minimum absolute atomic E-state index is 0.794. The number of piperidine rings is 1. The summed E-state index contributed by atoms with van der Waals surface area (Å²) in [6, 6.07) is 14.4. The van der Waals surface area contributed by atoms with Gasteiger partial charge in [-0.3, -0.25) is 0 Å². The standard InChI is InChI=1S/C20H22N4O/c1-25-17-9-10-18-19(13-17)21-14-22-20(18)23-15-5-7-16(8-6-15)24-11-3-2-4-12-24/h5-10,13-14H,2-4,11-12H2,1H3,(H,21,22,23). The van der Waals surface area contributed by atoms with Crippen LogP contribution in [0, 0.1) is 0 Å². The molecular weight excluding hydrogens is 312 g/mol. The summed E-state index contributed by atoms with van der Waals surface area (Å²) in [4.78, 5) is 11.2. The van der Waals surface area contributed by atoms with E-state index in [9.17, 15) is 0 Å². The van der Waals surface area contributed by atoms with Crippen molar-refractivity contribution >= 4 is 28.1 Å². The van der Waals surface area contributed by atoms with Gasteiger partial charge in [-0.15, -0.1) is 0 Å². The molecule has 5 nitrogen and oxygen atoms in total. The van der Waals surface area contributed by atoms with Gasteiger partial charge in [0, 0.05) is 35.9 Å². The van der Waals surface area contributed by atoms with Gasteiger partial charge < -0.3 is 15.0 Å². The first kappa shape index (κ1) is 15.7. The summed E-state index contributed by atoms with van der Waals surface area (Å²) in [5.74, 6) is 1.60. The fraction of sp³-hybridized carbons (Fsp3) is 0.300. The SMILES string of the molecule is COc1ccc2c(Nc3ccc(N4CCCCC4)cc3)ncnc2c1. The zero-order chi connectivity index (χ0) is 17.1. The van der Waals surface area contributed by atoms with Crippen LogP contribution in [0.3, 0.4) is 0 Å². The van der Waals surface area contributed by atoms with Crippen molar-refractivity contribution in [3.63, 3.8) is 0 Å². The lowest BCUT2D eigenvalue weighted by Crippen LogP contribution is -2.29. The molecule has 25 heavy (non-hydrogen) atoms. The second kappa shape index (κ2) is 6.97. The second-order valence-electron chi connectivity index (χ2n) is 6.32. The highest BCUT2D eigenvalue weighted by Gasteiger charge is 2.11. The Balaban J connectivity index is 1.56. The molecule has 0 saturated carbocycles. The van der Waals surface area contributed by atoms with Crippen molar-refractivity contribution in [1.82, 2.24) is 9.97 Å². The number of nitrogens with zero attached hydrogens (tertiary/aromatic N) is 3. The molecule has 5 heteroatoms. The van der Waals surface area contributed by atoms with Gasteiger partial charge in [0.1, 0.15) is 17.9 Å². The Bertz CT molecular complexity index is 857. The normalized spacial score (nSPS) is 14.5. The number of anilines is 3. The van der Waals surface area contributed by atoms with Crippen LogP contribution in [0.25, 0.3) is 10.9 Å². The van der Waals surface area contributed by atoms with Gasteiger partial charge in [-0.05, 0) is 55.7 Å². The third-order valence-electron chi connectivity index (χ3n) is 4.69. The van der Waals surface area contributed by atoms with Crippen LogP contribution in [0.2, 0.25) is 0 Å². The summed E-state index contributed by atoms with van der Waals surface area (Å²) in [5.41, 5.74) is 3.18. The summed E-state index contributed by atoms with van der Waals surface area (Å²) in [5, 5.41) is 4.38. The van der Waals surface area contributed by atoms with Crippen LogP contribution in [0.1, 0.15) is 19.3 Å². The summed E-state index contributed by atoms with van der Waals surface area (Å²) in [6.45, 7) is 2.32. The molecule has 1 fully saturated rings. The molecule has 0 atom stereocenters. The average Bonchev–Trinajstić information content (AvgIpc) is 2.69. The zero-order valence-electron chi connectivity index (χ0n) is 14.4. The molecule has 0 amide bonds. The van der Waals surface area contributed by atoms with E-state index in [-0.39, 0.29) is 0 Å². The predicted octanol–water partition coefficient (Wildman–Crippen LogP) is 4.37. The quantitative estimate of drug-likeness (QED) is 0.768. The second-order valence-corrected chi connectivity index (χ2v) is 6.32. The highest BCUT2D eigenvalue weighted by atomic mass is 16.5. The summed E-state index contributed by atoms with van der Waals surface area (Å²) in [6.07, 6.45) is 5.50. The minimum Gasteiger partial charge on any atom is -0.497 e. The number of hydrogen-bond donors (Lipinski definition) is 1. The van der Waals surface area contributed by atoms with Gasteiger partial charge in [0.05, 0.1) is 12.6 Å². The number of hydrogen-bond acceptors (Lipinski definition) is 5. The van der Waals surface area contributed by atoms with E-state index in [1.165, 1.54) is 24.9 Å². The number of methoxy groups -OCH3 is 1. The molecule has 3 aromatic rings. The molecule has 0 aliphatic carbocycles. The fourth-order valence-corrected chi connectivity index (χ4v) is 3.31. The van der Waals surface area contributed by atoms with E-state index < -0.39 is 0 Å². The highest BCUT2D eigenvalue weighted by Crippen LogP contribution is 2.27. The molecule has 1 N–H and O–H groups in total. The topological polar surface area (TPSA) is 50.3 Å². The van der Waals surface area contributed by atoms with Gasteiger partial charge in [-0.25, -0.2) is 9.97 Å². The third-order valence-corrected chi connectivity index (χ3v) is 4.69. The molecule has 0 bridgehead atoms. The van der Waals surface area contributed by atoms with Crippen molar-refractivity contribution in [2.45, 2.75) is 19.3 Å². The molecule has 1 saturated heterocycles. The first-order valence-electron chi connectivity index (χ1n) is 8.74. The van der Waals surface area contributed by atoms with E-state index in [1.807, 2.05) is 18.2 Å². The molecule has 0 spiro atoms. The lowest BCUT2D eigenvalue weighted by atomic mass is 10.1. The van der Waals surface area contributed by atoms with E-state index in [0.29, 0.717) is 0 Å². The van der Waals surface area contributed by atoms with Crippen molar-refractivity contribution in [2.24, 2.45) is 0 Å². The first-order valence-corrected chi connectivity index (χ1v) is 8.74. The number of benzene rings is 2. The highest BCUT2D eigenvalue weighted by molar-refractivity contribution is 5.91. The van der Waals surface area contributed by atoms with Gasteiger partial charge >= 0.3 is 0 Å². The van der Waals surface area contributed by atoms with E-state index in [1.54, 1.807) is 13.4 Å². The number of nitrogens with one attached hydrogen (secondary N) is 1. The average molecular weight is 334 g/mol. The molecule has 0 unspecified atom stereocenters. The Labute approximate surface area is 147 Å². The van der Waals surface area contributed by atoms with Gasteiger partial charge in [0.2, 0.25) is 0 Å². The smallest absolute Gasteiger partial charge is 0.141 e. The molecular formula is C20H22N4O. The van der Waals surface area contributed by atoms with Gasteiger partial charge in [-0.2, -0.15) is 0 Å². The molecule has 0 radical (unpaired) electrons. The maximum Gasteiger partial charge on any atom is 0.141 e. The molecule has 1 aromatic heterocycles. The van der Waals surface area contributed by atoms with Crippen LogP contribution in [-0.4, -0.2) is 30.2 Å². The van der Waals surface area contributed by atoms with Crippen LogP contribution < -0.4 is 15.0 Å². The third kappa shape index (κ3) is 3.36. The number of rotatable bonds is 4. The molecule has 4 rings (SSSR count). The summed E-state index contributed by atoms with van der Waals surface area (Å²) >= 11 is 0. The molecule has 128 valence electrons. The molecule has 1 aliphatic heterocycles. The lowest BCUT2D eigenvalue weighted by molar-refractivity contribution is 0.415. The largest absolute Gasteiger partial charge is 0.497 e. The molecule has 1 aliphatic rings. The Kier molecular flexibility index (Phi) is 4.37. The monoisotopic (exact) mass is 334 g/mol. The van der Waals surface area contributed by atoms with Crippen molar-refractivity contribution < 1.29 is 4.74 Å².